The highest BCUT2D eigenvalue weighted by atomic mass is 19.3. The number of ether oxygens (including phenoxy) is 1. The molecule has 0 saturated carbocycles. The number of hydrogen-bond acceptors (Lipinski definition) is 2. The lowest BCUT2D eigenvalue weighted by Gasteiger charge is -2.12. The molecule has 1 rings (SSSR count). The van der Waals surface area contributed by atoms with Gasteiger partial charge in [-0.3, -0.25) is 0 Å². The van der Waals surface area contributed by atoms with Gasteiger partial charge in [-0.25, -0.2) is 8.78 Å². The van der Waals surface area contributed by atoms with Gasteiger partial charge < -0.3 is 4.74 Å². The van der Waals surface area contributed by atoms with E-state index >= 15 is 0 Å². The summed E-state index contributed by atoms with van der Waals surface area (Å²) in [6, 6.07) is 6.29. The fraction of sp³-hybridized carbons (Fsp3) is 0.250. The number of benzene rings is 1. The molecule has 0 aromatic heterocycles. The molecule has 0 aliphatic carbocycles. The van der Waals surface area contributed by atoms with Crippen LogP contribution in [0.4, 0.5) is 13.2 Å². The summed E-state index contributed by atoms with van der Waals surface area (Å²) in [4.78, 5) is 0. The van der Waals surface area contributed by atoms with Crippen molar-refractivity contribution in [2.45, 2.75) is 19.2 Å². The van der Waals surface area contributed by atoms with Crippen LogP contribution in [0.5, 0.6) is 5.75 Å². The summed E-state index contributed by atoms with van der Waals surface area (Å²) in [5, 5.41) is 8.53. The number of nitriles is 1. The molecule has 5 heteroatoms. The minimum absolute atomic E-state index is 0.0412. The van der Waals surface area contributed by atoms with Gasteiger partial charge in [0.05, 0.1) is 12.5 Å². The van der Waals surface area contributed by atoms with E-state index in [1.165, 1.54) is 18.2 Å². The van der Waals surface area contributed by atoms with Crippen molar-refractivity contribution in [1.29, 1.82) is 5.26 Å². The van der Waals surface area contributed by atoms with Crippen LogP contribution in [0.1, 0.15) is 11.1 Å². The van der Waals surface area contributed by atoms with Gasteiger partial charge in [0.25, 0.3) is 6.36 Å². The van der Waals surface area contributed by atoms with E-state index in [-0.39, 0.29) is 12.2 Å². The van der Waals surface area contributed by atoms with Gasteiger partial charge in [0.2, 0.25) is 0 Å². The SMILES string of the molecule is C=Cc1cc(CC#N)cc(OC(F)C(F)F)c1. The number of alkyl halides is 3. The maximum absolute atomic E-state index is 12.7. The van der Waals surface area contributed by atoms with Gasteiger partial charge in [-0.05, 0) is 23.3 Å². The summed E-state index contributed by atoms with van der Waals surface area (Å²) in [7, 11) is 0. The number of hydrogen-bond donors (Lipinski definition) is 0. The first-order chi connectivity index (χ1) is 8.06. The van der Waals surface area contributed by atoms with E-state index in [0.29, 0.717) is 11.1 Å². The summed E-state index contributed by atoms with van der Waals surface area (Å²) in [5.74, 6) is -0.0412. The number of halogens is 3. The molecule has 0 fully saturated rings. The predicted octanol–water partition coefficient (Wildman–Crippen LogP) is 3.34. The van der Waals surface area contributed by atoms with E-state index in [1.54, 1.807) is 6.07 Å². The Balaban J connectivity index is 2.95. The molecule has 1 aromatic carbocycles. The van der Waals surface area contributed by atoms with Gasteiger partial charge in [-0.2, -0.15) is 9.65 Å². The quantitative estimate of drug-likeness (QED) is 0.792. The molecular weight excluding hydrogens is 231 g/mol. The molecule has 17 heavy (non-hydrogen) atoms. The molecule has 0 aliphatic heterocycles. The predicted molar refractivity (Wildman–Crippen MR) is 57.4 cm³/mol. The van der Waals surface area contributed by atoms with Crippen molar-refractivity contribution in [3.63, 3.8) is 0 Å². The first-order valence-electron chi connectivity index (χ1n) is 4.79. The molecule has 0 heterocycles. The fourth-order valence-electron chi connectivity index (χ4n) is 1.25. The standard InChI is InChI=1S/C12H10F3NO/c1-2-8-5-9(3-4-16)7-10(6-8)17-12(15)11(13)14/h2,5-7,11-12H,1,3H2. The maximum Gasteiger partial charge on any atom is 0.304 e. The van der Waals surface area contributed by atoms with Crippen molar-refractivity contribution in [3.05, 3.63) is 35.9 Å². The zero-order chi connectivity index (χ0) is 12.8. The second kappa shape index (κ2) is 5.94. The Hall–Kier alpha value is -1.96. The Kier molecular flexibility index (Phi) is 4.58. The lowest BCUT2D eigenvalue weighted by molar-refractivity contribution is -0.0669. The van der Waals surface area contributed by atoms with Crippen LogP contribution in [0.2, 0.25) is 0 Å². The molecule has 0 aliphatic rings. The maximum atomic E-state index is 12.7. The Morgan fingerprint density at radius 1 is 1.35 bits per heavy atom. The van der Waals surface area contributed by atoms with Crippen molar-refractivity contribution in [1.82, 2.24) is 0 Å². The van der Waals surface area contributed by atoms with Crippen molar-refractivity contribution in [2.75, 3.05) is 0 Å². The Morgan fingerprint density at radius 2 is 2.06 bits per heavy atom. The van der Waals surface area contributed by atoms with E-state index in [1.807, 2.05) is 6.07 Å². The highest BCUT2D eigenvalue weighted by molar-refractivity contribution is 5.52. The van der Waals surface area contributed by atoms with Gasteiger partial charge in [-0.15, -0.1) is 0 Å². The molecule has 1 atom stereocenters. The number of nitrogens with zero attached hydrogens (tertiary/aromatic N) is 1. The van der Waals surface area contributed by atoms with Gasteiger partial charge >= 0.3 is 6.43 Å². The van der Waals surface area contributed by atoms with E-state index in [2.05, 4.69) is 11.3 Å². The summed E-state index contributed by atoms with van der Waals surface area (Å²) < 4.78 is 41.1. The molecule has 0 spiro atoms. The lowest BCUT2D eigenvalue weighted by atomic mass is 10.1. The van der Waals surface area contributed by atoms with Crippen LogP contribution in [0.3, 0.4) is 0 Å². The molecule has 0 amide bonds. The topological polar surface area (TPSA) is 33.0 Å². The molecule has 0 saturated heterocycles. The van der Waals surface area contributed by atoms with Gasteiger partial charge in [0.1, 0.15) is 5.75 Å². The number of rotatable bonds is 5. The van der Waals surface area contributed by atoms with E-state index in [4.69, 9.17) is 5.26 Å². The van der Waals surface area contributed by atoms with Crippen molar-refractivity contribution in [3.8, 4) is 11.8 Å². The first-order valence-corrected chi connectivity index (χ1v) is 4.79. The molecule has 1 unspecified atom stereocenters. The summed E-state index contributed by atoms with van der Waals surface area (Å²) in [6.07, 6.45) is -4.33. The molecule has 1 aromatic rings. The van der Waals surface area contributed by atoms with Crippen LogP contribution in [0, 0.1) is 11.3 Å². The van der Waals surface area contributed by atoms with E-state index < -0.39 is 12.8 Å². The zero-order valence-electron chi connectivity index (χ0n) is 8.87. The Morgan fingerprint density at radius 3 is 2.59 bits per heavy atom. The van der Waals surface area contributed by atoms with E-state index in [9.17, 15) is 13.2 Å². The van der Waals surface area contributed by atoms with Crippen LogP contribution in [0.15, 0.2) is 24.8 Å². The smallest absolute Gasteiger partial charge is 0.304 e. The van der Waals surface area contributed by atoms with Crippen LogP contribution in [-0.4, -0.2) is 12.8 Å². The van der Waals surface area contributed by atoms with Gasteiger partial charge in [-0.1, -0.05) is 18.7 Å². The molecule has 90 valence electrons. The minimum Gasteiger partial charge on any atom is -0.454 e. The minimum atomic E-state index is -3.21. The summed E-state index contributed by atoms with van der Waals surface area (Å²) >= 11 is 0. The second-order valence-electron chi connectivity index (χ2n) is 3.25. The second-order valence-corrected chi connectivity index (χ2v) is 3.25. The van der Waals surface area contributed by atoms with Crippen molar-refractivity contribution in [2.24, 2.45) is 0 Å². The average molecular weight is 241 g/mol. The Bertz CT molecular complexity index is 440. The molecule has 2 nitrogen and oxygen atoms in total. The van der Waals surface area contributed by atoms with Crippen LogP contribution >= 0.6 is 0 Å². The normalized spacial score (nSPS) is 11.9. The zero-order valence-corrected chi connectivity index (χ0v) is 8.87. The van der Waals surface area contributed by atoms with E-state index in [0.717, 1.165) is 0 Å². The molecular formula is C12H10F3NO. The van der Waals surface area contributed by atoms with Crippen LogP contribution in [0.25, 0.3) is 6.08 Å². The molecule has 0 bridgehead atoms. The Labute approximate surface area is 96.9 Å². The van der Waals surface area contributed by atoms with Gasteiger partial charge in [0, 0.05) is 0 Å². The van der Waals surface area contributed by atoms with Gasteiger partial charge in [0.15, 0.2) is 0 Å². The third-order valence-electron chi connectivity index (χ3n) is 1.95. The monoisotopic (exact) mass is 241 g/mol. The van der Waals surface area contributed by atoms with Crippen molar-refractivity contribution >= 4 is 6.08 Å². The first kappa shape index (κ1) is 13.1. The third-order valence-corrected chi connectivity index (χ3v) is 1.95. The fourth-order valence-corrected chi connectivity index (χ4v) is 1.25. The summed E-state index contributed by atoms with van der Waals surface area (Å²) in [5.41, 5.74) is 1.13. The van der Waals surface area contributed by atoms with Crippen molar-refractivity contribution < 1.29 is 17.9 Å². The third kappa shape index (κ3) is 3.83. The molecule has 0 radical (unpaired) electrons. The highest BCUT2D eigenvalue weighted by Crippen LogP contribution is 2.21. The average Bonchev–Trinajstić information content (AvgIpc) is 2.28. The van der Waals surface area contributed by atoms with Crippen LogP contribution in [-0.2, 0) is 6.42 Å². The highest BCUT2D eigenvalue weighted by Gasteiger charge is 2.21. The largest absolute Gasteiger partial charge is 0.454 e. The molecule has 0 N–H and O–H groups in total. The lowest BCUT2D eigenvalue weighted by Crippen LogP contribution is -2.19. The van der Waals surface area contributed by atoms with Crippen LogP contribution < -0.4 is 4.74 Å². The summed E-state index contributed by atoms with van der Waals surface area (Å²) in [6.45, 7) is 3.51.